The molecule has 2 aromatic carbocycles. The minimum Gasteiger partial charge on any atom is -0.493 e. The Labute approximate surface area is 143 Å². The van der Waals surface area contributed by atoms with Crippen molar-refractivity contribution in [2.45, 2.75) is 26.7 Å². The number of hydrogen-bond acceptors (Lipinski definition) is 2. The summed E-state index contributed by atoms with van der Waals surface area (Å²) in [5.74, 6) is 0.424. The lowest BCUT2D eigenvalue weighted by molar-refractivity contribution is -0.131. The second-order valence-corrected chi connectivity index (χ2v) is 5.78. The summed E-state index contributed by atoms with van der Waals surface area (Å²) in [4.78, 5) is 11.2. The number of rotatable bonds is 8. The molecular formula is C21H24O3. The van der Waals surface area contributed by atoms with Gasteiger partial charge in [0.15, 0.2) is 0 Å². The smallest absolute Gasteiger partial charge is 0.328 e. The first-order valence-corrected chi connectivity index (χ1v) is 8.37. The second-order valence-electron chi connectivity index (χ2n) is 5.78. The molecule has 3 heteroatoms. The highest BCUT2D eigenvalue weighted by molar-refractivity contribution is 5.95. The number of ether oxygens (including phenoxy) is 1. The molecule has 0 fully saturated rings. The van der Waals surface area contributed by atoms with Gasteiger partial charge < -0.3 is 9.84 Å². The van der Waals surface area contributed by atoms with Crippen LogP contribution in [0, 0.1) is 5.92 Å². The predicted octanol–water partition coefficient (Wildman–Crippen LogP) is 5.02. The van der Waals surface area contributed by atoms with Crippen LogP contribution in [0.2, 0.25) is 0 Å². The molecule has 1 N–H and O–H groups in total. The highest BCUT2D eigenvalue weighted by Gasteiger charge is 2.08. The fraction of sp³-hybridized carbons (Fsp3) is 0.286. The number of carboxylic acids is 1. The van der Waals surface area contributed by atoms with E-state index < -0.39 is 5.97 Å². The molecule has 0 aliphatic carbocycles. The predicted molar refractivity (Wildman–Crippen MR) is 97.2 cm³/mol. The van der Waals surface area contributed by atoms with Crippen molar-refractivity contribution >= 4 is 11.5 Å². The number of hydrogen-bond donors (Lipinski definition) is 1. The van der Waals surface area contributed by atoms with Crippen LogP contribution < -0.4 is 4.74 Å². The maximum absolute atomic E-state index is 11.2. The molecule has 0 aromatic heterocycles. The van der Waals surface area contributed by atoms with Crippen LogP contribution in [0.3, 0.4) is 0 Å². The number of carbonyl (C=O) groups is 1. The Kier molecular flexibility index (Phi) is 6.62. The zero-order valence-corrected chi connectivity index (χ0v) is 14.2. The lowest BCUT2D eigenvalue weighted by Gasteiger charge is -2.14. The summed E-state index contributed by atoms with van der Waals surface area (Å²) in [6, 6.07) is 17.1. The minimum atomic E-state index is -0.956. The molecule has 0 bridgehead atoms. The van der Waals surface area contributed by atoms with Crippen LogP contribution >= 0.6 is 0 Å². The van der Waals surface area contributed by atoms with Crippen LogP contribution in [0.5, 0.6) is 5.75 Å². The van der Waals surface area contributed by atoms with Gasteiger partial charge >= 0.3 is 5.97 Å². The fourth-order valence-electron chi connectivity index (χ4n) is 2.54. The summed E-state index contributed by atoms with van der Waals surface area (Å²) in [5, 5.41) is 9.16. The highest BCUT2D eigenvalue weighted by Crippen LogP contribution is 2.25. The van der Waals surface area contributed by atoms with Gasteiger partial charge in [-0.05, 0) is 34.8 Å². The molecule has 0 heterocycles. The van der Waals surface area contributed by atoms with Crippen LogP contribution in [0.25, 0.3) is 5.57 Å². The summed E-state index contributed by atoms with van der Waals surface area (Å²) >= 11 is 0. The minimum absolute atomic E-state index is 0.566. The van der Waals surface area contributed by atoms with Gasteiger partial charge in [-0.25, -0.2) is 4.79 Å². The van der Waals surface area contributed by atoms with E-state index in [0.29, 0.717) is 18.1 Å². The topological polar surface area (TPSA) is 46.5 Å². The van der Waals surface area contributed by atoms with E-state index in [1.165, 1.54) is 6.08 Å². The highest BCUT2D eigenvalue weighted by atomic mass is 16.5. The van der Waals surface area contributed by atoms with Crippen LogP contribution in [0.1, 0.15) is 37.8 Å². The fourth-order valence-corrected chi connectivity index (χ4v) is 2.54. The molecule has 2 aromatic rings. The van der Waals surface area contributed by atoms with Gasteiger partial charge in [-0.2, -0.15) is 0 Å². The van der Waals surface area contributed by atoms with Crippen LogP contribution in [0.15, 0.2) is 60.7 Å². The zero-order valence-electron chi connectivity index (χ0n) is 14.2. The van der Waals surface area contributed by atoms with Crippen molar-refractivity contribution < 1.29 is 14.6 Å². The van der Waals surface area contributed by atoms with Gasteiger partial charge in [-0.3, -0.25) is 0 Å². The van der Waals surface area contributed by atoms with E-state index >= 15 is 0 Å². The van der Waals surface area contributed by atoms with Gasteiger partial charge in [0.2, 0.25) is 0 Å². The quantitative estimate of drug-likeness (QED) is 0.694. The van der Waals surface area contributed by atoms with Gasteiger partial charge in [-0.1, -0.05) is 69.2 Å². The van der Waals surface area contributed by atoms with Crippen LogP contribution in [0.4, 0.5) is 0 Å². The van der Waals surface area contributed by atoms with Gasteiger partial charge in [-0.15, -0.1) is 0 Å². The SMILES string of the molecule is CCC(CC)COc1ccc(/C(=C/C(=O)O)c2ccccc2)cc1. The summed E-state index contributed by atoms with van der Waals surface area (Å²) in [6.07, 6.45) is 3.46. The number of carboxylic acid groups (broad SMARTS) is 1. The normalized spacial score (nSPS) is 11.5. The first-order chi connectivity index (χ1) is 11.6. The standard InChI is InChI=1S/C21H24O3/c1-3-16(4-2)15-24-19-12-10-18(11-13-19)20(14-21(22)23)17-8-6-5-7-9-17/h5-14,16H,3-4,15H2,1-2H3,(H,22,23)/b20-14+. The number of benzene rings is 2. The Morgan fingerprint density at radius 1 is 1.00 bits per heavy atom. The zero-order chi connectivity index (χ0) is 17.4. The van der Waals surface area contributed by atoms with Crippen molar-refractivity contribution in [2.75, 3.05) is 6.61 Å². The molecule has 0 radical (unpaired) electrons. The third-order valence-corrected chi connectivity index (χ3v) is 4.16. The number of aliphatic carboxylic acids is 1. The maximum Gasteiger partial charge on any atom is 0.328 e. The van der Waals surface area contributed by atoms with E-state index in [1.54, 1.807) is 0 Å². The molecule has 0 unspecified atom stereocenters. The average Bonchev–Trinajstić information content (AvgIpc) is 2.62. The Morgan fingerprint density at radius 2 is 1.58 bits per heavy atom. The van der Waals surface area contributed by atoms with Crippen molar-refractivity contribution in [3.05, 3.63) is 71.8 Å². The molecule has 0 aliphatic heterocycles. The first-order valence-electron chi connectivity index (χ1n) is 8.37. The molecule has 0 saturated heterocycles. The third-order valence-electron chi connectivity index (χ3n) is 4.16. The van der Waals surface area contributed by atoms with Gasteiger partial charge in [0.25, 0.3) is 0 Å². The van der Waals surface area contributed by atoms with Crippen LogP contribution in [-0.4, -0.2) is 17.7 Å². The van der Waals surface area contributed by atoms with Gasteiger partial charge in [0.05, 0.1) is 6.61 Å². The lowest BCUT2D eigenvalue weighted by atomic mass is 9.97. The summed E-state index contributed by atoms with van der Waals surface area (Å²) in [5.41, 5.74) is 2.43. The van der Waals surface area contributed by atoms with Crippen molar-refractivity contribution in [3.8, 4) is 5.75 Å². The van der Waals surface area contributed by atoms with Gasteiger partial charge in [0.1, 0.15) is 5.75 Å². The molecule has 2 rings (SSSR count). The van der Waals surface area contributed by atoms with E-state index in [2.05, 4.69) is 13.8 Å². The monoisotopic (exact) mass is 324 g/mol. The third kappa shape index (κ3) is 4.98. The van der Waals surface area contributed by atoms with Crippen molar-refractivity contribution in [1.82, 2.24) is 0 Å². The van der Waals surface area contributed by atoms with E-state index in [9.17, 15) is 4.79 Å². The van der Waals surface area contributed by atoms with E-state index in [1.807, 2.05) is 54.6 Å². The molecule has 24 heavy (non-hydrogen) atoms. The molecule has 0 spiro atoms. The molecule has 0 saturated carbocycles. The summed E-state index contributed by atoms with van der Waals surface area (Å²) < 4.78 is 5.84. The van der Waals surface area contributed by atoms with Crippen molar-refractivity contribution in [2.24, 2.45) is 5.92 Å². The van der Waals surface area contributed by atoms with Crippen LogP contribution in [-0.2, 0) is 4.79 Å². The summed E-state index contributed by atoms with van der Waals surface area (Å²) in [7, 11) is 0. The molecule has 126 valence electrons. The average molecular weight is 324 g/mol. The van der Waals surface area contributed by atoms with Crippen molar-refractivity contribution in [1.29, 1.82) is 0 Å². The Balaban J connectivity index is 2.19. The van der Waals surface area contributed by atoms with E-state index in [4.69, 9.17) is 9.84 Å². The molecular weight excluding hydrogens is 300 g/mol. The lowest BCUT2D eigenvalue weighted by Crippen LogP contribution is -2.10. The van der Waals surface area contributed by atoms with E-state index in [-0.39, 0.29) is 0 Å². The largest absolute Gasteiger partial charge is 0.493 e. The second kappa shape index (κ2) is 8.92. The first kappa shape index (κ1) is 17.8. The Morgan fingerprint density at radius 3 is 2.12 bits per heavy atom. The van der Waals surface area contributed by atoms with Crippen molar-refractivity contribution in [3.63, 3.8) is 0 Å². The molecule has 0 atom stereocenters. The molecule has 3 nitrogen and oxygen atoms in total. The molecule has 0 amide bonds. The Hall–Kier alpha value is -2.55. The van der Waals surface area contributed by atoms with Gasteiger partial charge in [0, 0.05) is 6.08 Å². The Bertz CT molecular complexity index is 668. The summed E-state index contributed by atoms with van der Waals surface area (Å²) in [6.45, 7) is 5.05. The van der Waals surface area contributed by atoms with E-state index in [0.717, 1.165) is 29.7 Å². The maximum atomic E-state index is 11.2. The molecule has 0 aliphatic rings.